The van der Waals surface area contributed by atoms with Gasteiger partial charge in [-0.15, -0.1) is 0 Å². The minimum atomic E-state index is -0.763. The van der Waals surface area contributed by atoms with E-state index in [1.807, 2.05) is 30.3 Å². The molecule has 1 fully saturated rings. The quantitative estimate of drug-likeness (QED) is 0.815. The molecule has 0 unspecified atom stereocenters. The summed E-state index contributed by atoms with van der Waals surface area (Å²) in [6.45, 7) is 1.24. The highest BCUT2D eigenvalue weighted by Gasteiger charge is 2.33. The summed E-state index contributed by atoms with van der Waals surface area (Å²) in [5.41, 5.74) is 1.15. The second kappa shape index (κ2) is 4.09. The van der Waals surface area contributed by atoms with Gasteiger partial charge < -0.3 is 9.84 Å². The Bertz CT molecular complexity index is 527. The van der Waals surface area contributed by atoms with Crippen molar-refractivity contribution in [1.29, 1.82) is 0 Å². The number of benzene rings is 1. The van der Waals surface area contributed by atoms with Crippen molar-refractivity contribution in [3.05, 3.63) is 42.1 Å². The number of rotatable bonds is 1. The Labute approximate surface area is 100 Å². The maximum absolute atomic E-state index is 10.7. The maximum Gasteiger partial charge on any atom is 0.0946 e. The summed E-state index contributed by atoms with van der Waals surface area (Å²) >= 11 is 0. The summed E-state index contributed by atoms with van der Waals surface area (Å²) in [6, 6.07) is 9.86. The average Bonchev–Trinajstić information content (AvgIpc) is 2.39. The summed E-state index contributed by atoms with van der Waals surface area (Å²) in [6.07, 6.45) is 3.09. The predicted molar refractivity (Wildman–Crippen MR) is 65.7 cm³/mol. The van der Waals surface area contributed by atoms with Crippen LogP contribution in [0.25, 0.3) is 10.9 Å². The Kier molecular flexibility index (Phi) is 2.57. The number of hydrogen-bond donors (Lipinski definition) is 1. The van der Waals surface area contributed by atoms with Crippen LogP contribution >= 0.6 is 0 Å². The lowest BCUT2D eigenvalue weighted by Gasteiger charge is -2.33. The molecule has 0 bridgehead atoms. The first kappa shape index (κ1) is 10.7. The summed E-state index contributed by atoms with van der Waals surface area (Å²) in [5, 5.41) is 11.8. The molecule has 0 radical (unpaired) electrons. The number of ether oxygens (including phenoxy) is 1. The summed E-state index contributed by atoms with van der Waals surface area (Å²) < 4.78 is 5.32. The third-order valence-electron chi connectivity index (χ3n) is 3.47. The van der Waals surface area contributed by atoms with Crippen LogP contribution in [-0.4, -0.2) is 23.3 Å². The lowest BCUT2D eigenvalue weighted by atomic mass is 9.84. The SMILES string of the molecule is OC1(c2cccc3ncccc23)CCOCC1. The number of aliphatic hydroxyl groups is 1. The van der Waals surface area contributed by atoms with Crippen molar-refractivity contribution in [3.8, 4) is 0 Å². The molecule has 1 aromatic carbocycles. The molecule has 1 aliphatic rings. The van der Waals surface area contributed by atoms with E-state index in [2.05, 4.69) is 4.98 Å². The molecule has 1 aliphatic heterocycles. The molecule has 1 aromatic heterocycles. The molecule has 1 saturated heterocycles. The van der Waals surface area contributed by atoms with Gasteiger partial charge in [-0.3, -0.25) is 4.98 Å². The normalized spacial score (nSPS) is 19.4. The zero-order valence-electron chi connectivity index (χ0n) is 9.60. The van der Waals surface area contributed by atoms with Gasteiger partial charge in [0.05, 0.1) is 11.1 Å². The number of fused-ring (bicyclic) bond motifs is 1. The predicted octanol–water partition coefficient (Wildman–Crippen LogP) is 2.23. The molecule has 2 aromatic rings. The van der Waals surface area contributed by atoms with Gasteiger partial charge in [-0.1, -0.05) is 18.2 Å². The summed E-state index contributed by atoms with van der Waals surface area (Å²) in [5.74, 6) is 0. The first-order chi connectivity index (χ1) is 8.30. The molecular weight excluding hydrogens is 214 g/mol. The molecule has 2 heterocycles. The van der Waals surface area contributed by atoms with Gasteiger partial charge in [0.1, 0.15) is 0 Å². The Morgan fingerprint density at radius 2 is 1.94 bits per heavy atom. The minimum Gasteiger partial charge on any atom is -0.385 e. The molecule has 3 rings (SSSR count). The Morgan fingerprint density at radius 3 is 2.76 bits per heavy atom. The summed E-state index contributed by atoms with van der Waals surface area (Å²) in [4.78, 5) is 4.33. The van der Waals surface area contributed by atoms with Crippen LogP contribution in [0, 0.1) is 0 Å². The van der Waals surface area contributed by atoms with E-state index in [1.165, 1.54) is 0 Å². The first-order valence-electron chi connectivity index (χ1n) is 5.94. The van der Waals surface area contributed by atoms with Crippen molar-refractivity contribution < 1.29 is 9.84 Å². The van der Waals surface area contributed by atoms with Gasteiger partial charge in [-0.25, -0.2) is 0 Å². The van der Waals surface area contributed by atoms with Crippen LogP contribution in [0.2, 0.25) is 0 Å². The van der Waals surface area contributed by atoms with Gasteiger partial charge in [0.25, 0.3) is 0 Å². The van der Waals surface area contributed by atoms with Crippen molar-refractivity contribution in [2.24, 2.45) is 0 Å². The Morgan fingerprint density at radius 1 is 1.12 bits per heavy atom. The number of nitrogens with zero attached hydrogens (tertiary/aromatic N) is 1. The molecule has 0 spiro atoms. The highest BCUT2D eigenvalue weighted by atomic mass is 16.5. The third-order valence-corrected chi connectivity index (χ3v) is 3.47. The van der Waals surface area contributed by atoms with Crippen molar-refractivity contribution in [2.45, 2.75) is 18.4 Å². The Balaban J connectivity index is 2.16. The summed E-state index contributed by atoms with van der Waals surface area (Å²) in [7, 11) is 0. The second-order valence-corrected chi connectivity index (χ2v) is 4.52. The zero-order chi connectivity index (χ0) is 11.7. The van der Waals surface area contributed by atoms with Crippen molar-refractivity contribution in [1.82, 2.24) is 4.98 Å². The number of pyridine rings is 1. The van der Waals surface area contributed by atoms with Crippen LogP contribution in [-0.2, 0) is 10.3 Å². The Hall–Kier alpha value is -1.45. The molecular formula is C14H15NO2. The minimum absolute atomic E-state index is 0.618. The van der Waals surface area contributed by atoms with Crippen LogP contribution in [0.4, 0.5) is 0 Å². The van der Waals surface area contributed by atoms with Crippen LogP contribution in [0.5, 0.6) is 0 Å². The highest BCUT2D eigenvalue weighted by Crippen LogP contribution is 2.35. The fourth-order valence-electron chi connectivity index (χ4n) is 2.49. The van der Waals surface area contributed by atoms with E-state index < -0.39 is 5.60 Å². The van der Waals surface area contributed by atoms with Crippen LogP contribution < -0.4 is 0 Å². The van der Waals surface area contributed by atoms with E-state index in [9.17, 15) is 5.11 Å². The fourth-order valence-corrected chi connectivity index (χ4v) is 2.49. The van der Waals surface area contributed by atoms with Gasteiger partial charge in [-0.2, -0.15) is 0 Å². The molecule has 3 nitrogen and oxygen atoms in total. The smallest absolute Gasteiger partial charge is 0.0946 e. The zero-order valence-corrected chi connectivity index (χ0v) is 9.60. The number of aromatic nitrogens is 1. The third kappa shape index (κ3) is 1.81. The van der Waals surface area contributed by atoms with E-state index in [0.29, 0.717) is 26.1 Å². The van der Waals surface area contributed by atoms with Gasteiger partial charge in [-0.05, 0) is 17.7 Å². The van der Waals surface area contributed by atoms with Crippen LogP contribution in [0.1, 0.15) is 18.4 Å². The molecule has 3 heteroatoms. The van der Waals surface area contributed by atoms with E-state index >= 15 is 0 Å². The maximum atomic E-state index is 10.7. The first-order valence-corrected chi connectivity index (χ1v) is 5.94. The standard InChI is InChI=1S/C14H15NO2/c16-14(6-9-17-10-7-14)12-4-1-5-13-11(12)3-2-8-15-13/h1-5,8,16H,6-7,9-10H2. The van der Waals surface area contributed by atoms with Crippen molar-refractivity contribution in [2.75, 3.05) is 13.2 Å². The molecule has 0 amide bonds. The highest BCUT2D eigenvalue weighted by molar-refractivity contribution is 5.82. The lowest BCUT2D eigenvalue weighted by Crippen LogP contribution is -2.33. The van der Waals surface area contributed by atoms with Gasteiger partial charge >= 0.3 is 0 Å². The topological polar surface area (TPSA) is 42.4 Å². The van der Waals surface area contributed by atoms with E-state index in [4.69, 9.17) is 4.74 Å². The fraction of sp³-hybridized carbons (Fsp3) is 0.357. The van der Waals surface area contributed by atoms with Crippen LogP contribution in [0.15, 0.2) is 36.5 Å². The largest absolute Gasteiger partial charge is 0.385 e. The average molecular weight is 229 g/mol. The molecule has 0 aliphatic carbocycles. The van der Waals surface area contributed by atoms with E-state index in [1.54, 1.807) is 6.20 Å². The van der Waals surface area contributed by atoms with E-state index in [-0.39, 0.29) is 0 Å². The molecule has 0 atom stereocenters. The molecule has 0 saturated carbocycles. The monoisotopic (exact) mass is 229 g/mol. The molecule has 1 N–H and O–H groups in total. The van der Waals surface area contributed by atoms with E-state index in [0.717, 1.165) is 16.5 Å². The molecule has 88 valence electrons. The second-order valence-electron chi connectivity index (χ2n) is 4.52. The van der Waals surface area contributed by atoms with Crippen molar-refractivity contribution >= 4 is 10.9 Å². The van der Waals surface area contributed by atoms with Gasteiger partial charge in [0.2, 0.25) is 0 Å². The number of hydrogen-bond acceptors (Lipinski definition) is 3. The van der Waals surface area contributed by atoms with Crippen LogP contribution in [0.3, 0.4) is 0 Å². The molecule has 17 heavy (non-hydrogen) atoms. The lowest BCUT2D eigenvalue weighted by molar-refractivity contribution is -0.0670. The van der Waals surface area contributed by atoms with Gasteiger partial charge in [0, 0.05) is 37.6 Å². The van der Waals surface area contributed by atoms with Crippen molar-refractivity contribution in [3.63, 3.8) is 0 Å². The van der Waals surface area contributed by atoms with Gasteiger partial charge in [0.15, 0.2) is 0 Å².